The van der Waals surface area contributed by atoms with Crippen LogP contribution in [0.4, 0.5) is 0 Å². The van der Waals surface area contributed by atoms with Crippen LogP contribution in [0.25, 0.3) is 0 Å². The van der Waals surface area contributed by atoms with Crippen molar-refractivity contribution in [2.75, 3.05) is 0 Å². The van der Waals surface area contributed by atoms with Crippen molar-refractivity contribution in [2.45, 2.75) is 74.7 Å². The summed E-state index contributed by atoms with van der Waals surface area (Å²) in [7, 11) is -8.46. The maximum atomic E-state index is 14.4. The van der Waals surface area contributed by atoms with Crippen molar-refractivity contribution in [3.63, 3.8) is 0 Å². The quantitative estimate of drug-likeness (QED) is 0.101. The predicted molar refractivity (Wildman–Crippen MR) is 228 cm³/mol. The average Bonchev–Trinajstić information content (AvgIpc) is 3.16. The topological polar surface area (TPSA) is 89.5 Å². The van der Waals surface area contributed by atoms with Gasteiger partial charge in [0.25, 0.3) is 0 Å². The van der Waals surface area contributed by atoms with Gasteiger partial charge in [-0.05, 0) is 160 Å². The van der Waals surface area contributed by atoms with Crippen molar-refractivity contribution in [2.24, 2.45) is 0 Å². The monoisotopic (exact) mass is 804 g/mol. The lowest BCUT2D eigenvalue weighted by molar-refractivity contribution is 0.295. The molecule has 0 aliphatic rings. The van der Waals surface area contributed by atoms with Gasteiger partial charge in [0.05, 0.1) is 0 Å². The molecule has 0 aromatic heterocycles. The first-order valence-electron chi connectivity index (χ1n) is 18.8. The van der Waals surface area contributed by atoms with E-state index in [0.717, 1.165) is 55.6 Å². The molecule has 0 aliphatic heterocycles. The summed E-state index contributed by atoms with van der Waals surface area (Å²) in [6.45, 7) is 19.6. The van der Waals surface area contributed by atoms with Crippen LogP contribution in [0, 0.1) is 55.4 Å². The Morgan fingerprint density at radius 1 is 0.351 bits per heavy atom. The molecule has 0 unspecified atom stereocenters. The minimum atomic E-state index is -4.23. The molecule has 0 aliphatic carbocycles. The summed E-state index contributed by atoms with van der Waals surface area (Å²) < 4.78 is 65.4. The minimum absolute atomic E-state index is 0.320. The summed E-state index contributed by atoms with van der Waals surface area (Å²) in [4.78, 5) is 0. The van der Waals surface area contributed by atoms with Crippen molar-refractivity contribution in [1.82, 2.24) is 0 Å². The van der Waals surface area contributed by atoms with Crippen molar-refractivity contribution in [3.8, 4) is 34.5 Å². The van der Waals surface area contributed by atoms with E-state index >= 15 is 0 Å². The highest BCUT2D eigenvalue weighted by Gasteiger charge is 2.36. The molecular weight excluding hydrogens is 754 g/mol. The van der Waals surface area contributed by atoms with Gasteiger partial charge in [0.15, 0.2) is 0 Å². The van der Waals surface area contributed by atoms with E-state index in [-0.39, 0.29) is 0 Å². The molecule has 10 heteroatoms. The molecule has 6 aromatic carbocycles. The van der Waals surface area contributed by atoms with Gasteiger partial charge < -0.3 is 27.1 Å². The van der Waals surface area contributed by atoms with Gasteiger partial charge in [0.1, 0.15) is 34.5 Å². The average molecular weight is 805 g/mol. The first kappa shape index (κ1) is 41.2. The molecule has 296 valence electrons. The Kier molecular flexibility index (Phi) is 12.0. The summed E-state index contributed by atoms with van der Waals surface area (Å²) in [5, 5.41) is 0. The lowest BCUT2D eigenvalue weighted by atomic mass is 9.78. The molecular formula is C47H50O8P2. The lowest BCUT2D eigenvalue weighted by Crippen LogP contribution is -2.18. The number of phosphoric acid groups is 2. The van der Waals surface area contributed by atoms with Crippen LogP contribution in [-0.4, -0.2) is 0 Å². The van der Waals surface area contributed by atoms with E-state index in [1.54, 1.807) is 48.5 Å². The van der Waals surface area contributed by atoms with E-state index in [4.69, 9.17) is 27.1 Å². The number of phosphoric ester groups is 2. The van der Waals surface area contributed by atoms with Gasteiger partial charge in [-0.25, -0.2) is 0 Å². The second-order valence-electron chi connectivity index (χ2n) is 14.9. The number of hydrogen-bond donors (Lipinski definition) is 0. The second-order valence-corrected chi connectivity index (χ2v) is 17.8. The first-order valence-corrected chi connectivity index (χ1v) is 21.7. The maximum absolute atomic E-state index is 14.4. The largest absolute Gasteiger partial charge is 0.647 e. The molecule has 0 bridgehead atoms. The highest BCUT2D eigenvalue weighted by Crippen LogP contribution is 2.53. The zero-order valence-electron chi connectivity index (χ0n) is 34.2. The van der Waals surface area contributed by atoms with Gasteiger partial charge in [-0.1, -0.05) is 86.6 Å². The predicted octanol–water partition coefficient (Wildman–Crippen LogP) is 13.8. The molecule has 8 nitrogen and oxygen atoms in total. The Labute approximate surface area is 337 Å². The summed E-state index contributed by atoms with van der Waals surface area (Å²) in [6.07, 6.45) is 0. The Morgan fingerprint density at radius 2 is 0.596 bits per heavy atom. The van der Waals surface area contributed by atoms with Gasteiger partial charge >= 0.3 is 15.6 Å². The first-order chi connectivity index (χ1) is 27.0. The molecule has 0 atom stereocenters. The molecule has 0 spiro atoms. The maximum Gasteiger partial charge on any atom is 0.647 e. The molecule has 57 heavy (non-hydrogen) atoms. The van der Waals surface area contributed by atoms with Crippen LogP contribution < -0.4 is 27.1 Å². The van der Waals surface area contributed by atoms with Crippen LogP contribution in [0.3, 0.4) is 0 Å². The Morgan fingerprint density at radius 3 is 0.842 bits per heavy atom. The SMILES string of the molecule is Cc1cccc(OP(=O)(Oc2ccc(C(C)(C)c3ccc(OP(=O)(Oc4cccc(C)c4C)Oc4cccc(C)c4C)cc3)cc2)Oc2cccc(C)c2C)c1C. The molecule has 0 heterocycles. The Balaban J connectivity index is 1.23. The molecule has 0 amide bonds. The second kappa shape index (κ2) is 16.6. The Hall–Kier alpha value is -5.42. The van der Waals surface area contributed by atoms with Crippen molar-refractivity contribution < 1.29 is 36.3 Å². The fraction of sp³-hybridized carbons (Fsp3) is 0.234. The van der Waals surface area contributed by atoms with Gasteiger partial charge in [0, 0.05) is 5.41 Å². The molecule has 0 N–H and O–H groups in total. The lowest BCUT2D eigenvalue weighted by Gasteiger charge is -2.27. The Bertz CT molecular complexity index is 2200. The van der Waals surface area contributed by atoms with E-state index < -0.39 is 21.1 Å². The molecule has 0 saturated heterocycles. The zero-order chi connectivity index (χ0) is 41.1. The minimum Gasteiger partial charge on any atom is -0.386 e. The van der Waals surface area contributed by atoms with Crippen LogP contribution in [0.1, 0.15) is 69.5 Å². The summed E-state index contributed by atoms with van der Waals surface area (Å²) >= 11 is 0. The number of hydrogen-bond acceptors (Lipinski definition) is 8. The fourth-order valence-corrected chi connectivity index (χ4v) is 8.91. The summed E-state index contributed by atoms with van der Waals surface area (Å²) in [5.74, 6) is 2.30. The van der Waals surface area contributed by atoms with E-state index in [2.05, 4.69) is 13.8 Å². The van der Waals surface area contributed by atoms with Gasteiger partial charge in [-0.3, -0.25) is 0 Å². The number of aryl methyl sites for hydroxylation is 4. The molecule has 0 radical (unpaired) electrons. The summed E-state index contributed by atoms with van der Waals surface area (Å²) in [6, 6.07) is 36.9. The molecule has 6 aromatic rings. The summed E-state index contributed by atoms with van der Waals surface area (Å²) in [5.41, 5.74) is 8.75. The number of rotatable bonds is 14. The standard InChI is InChI=1S/C47H50O8P2/c1-31-15-11-19-43(35(31)5)52-56(48,53-44-20-12-16-32(2)36(44)6)50-41-27-23-39(24-28-41)47(9,10)40-25-29-42(30-26-40)51-57(49,54-45-21-13-17-33(3)37(45)7)55-46-22-14-18-34(4)38(46)8/h11-30H,1-10H3. The molecule has 6 rings (SSSR count). The van der Waals surface area contributed by atoms with Crippen LogP contribution >= 0.6 is 15.6 Å². The van der Waals surface area contributed by atoms with Crippen LogP contribution in [-0.2, 0) is 14.5 Å². The van der Waals surface area contributed by atoms with Crippen LogP contribution in [0.15, 0.2) is 121 Å². The highest BCUT2D eigenvalue weighted by molar-refractivity contribution is 7.50. The van der Waals surface area contributed by atoms with Crippen molar-refractivity contribution in [3.05, 3.63) is 177 Å². The fourth-order valence-electron chi connectivity index (χ4n) is 6.18. The van der Waals surface area contributed by atoms with Crippen molar-refractivity contribution in [1.29, 1.82) is 0 Å². The van der Waals surface area contributed by atoms with E-state index in [0.29, 0.717) is 34.5 Å². The van der Waals surface area contributed by atoms with Gasteiger partial charge in [0.2, 0.25) is 0 Å². The highest BCUT2D eigenvalue weighted by atomic mass is 31.2. The van der Waals surface area contributed by atoms with Crippen LogP contribution in [0.2, 0.25) is 0 Å². The smallest absolute Gasteiger partial charge is 0.386 e. The van der Waals surface area contributed by atoms with Gasteiger partial charge in [-0.2, -0.15) is 9.13 Å². The van der Waals surface area contributed by atoms with E-state index in [1.165, 1.54) is 0 Å². The third-order valence-electron chi connectivity index (χ3n) is 10.6. The zero-order valence-corrected chi connectivity index (χ0v) is 36.0. The van der Waals surface area contributed by atoms with Crippen LogP contribution in [0.5, 0.6) is 34.5 Å². The van der Waals surface area contributed by atoms with Gasteiger partial charge in [-0.15, -0.1) is 0 Å². The molecule has 0 saturated carbocycles. The normalized spacial score (nSPS) is 11.8. The van der Waals surface area contributed by atoms with Crippen molar-refractivity contribution >= 4 is 15.6 Å². The third kappa shape index (κ3) is 9.42. The molecule has 0 fully saturated rings. The number of benzene rings is 6. The third-order valence-corrected chi connectivity index (χ3v) is 13.2. The van der Waals surface area contributed by atoms with E-state index in [1.807, 2.05) is 128 Å². The van der Waals surface area contributed by atoms with E-state index in [9.17, 15) is 9.13 Å².